The van der Waals surface area contributed by atoms with Crippen LogP contribution in [0, 0.1) is 27.7 Å². The first-order chi connectivity index (χ1) is 11.3. The van der Waals surface area contributed by atoms with Crippen molar-refractivity contribution in [2.75, 3.05) is 13.7 Å². The van der Waals surface area contributed by atoms with Crippen molar-refractivity contribution in [3.63, 3.8) is 0 Å². The van der Waals surface area contributed by atoms with E-state index in [1.165, 1.54) is 0 Å². The Balaban J connectivity index is 2.33. The molecule has 0 aliphatic carbocycles. The van der Waals surface area contributed by atoms with Crippen LogP contribution in [0.1, 0.15) is 27.8 Å². The maximum atomic E-state index is 12.8. The van der Waals surface area contributed by atoms with E-state index in [0.717, 1.165) is 34.2 Å². The minimum Gasteiger partial charge on any atom is -0.384 e. The van der Waals surface area contributed by atoms with Gasteiger partial charge in [-0.3, -0.25) is 0 Å². The molecule has 0 aliphatic rings. The van der Waals surface area contributed by atoms with Crippen LogP contribution in [0.3, 0.4) is 0 Å². The maximum Gasteiger partial charge on any atom is 0.339 e. The second kappa shape index (κ2) is 7.36. The van der Waals surface area contributed by atoms with Crippen molar-refractivity contribution in [1.29, 1.82) is 0 Å². The molecule has 2 aromatic rings. The second-order valence-electron chi connectivity index (χ2n) is 6.01. The molecule has 24 heavy (non-hydrogen) atoms. The Morgan fingerprint density at radius 3 is 1.96 bits per heavy atom. The Kier molecular flexibility index (Phi) is 5.67. The number of hydrogen-bond acceptors (Lipinski definition) is 4. The Bertz CT molecular complexity index is 795. The molecule has 0 bridgehead atoms. The van der Waals surface area contributed by atoms with E-state index in [-0.39, 0.29) is 4.90 Å². The average molecular weight is 348 g/mol. The number of hydrogen-bond donors (Lipinski definition) is 0. The largest absolute Gasteiger partial charge is 0.384 e. The molecule has 4 nitrogen and oxygen atoms in total. The van der Waals surface area contributed by atoms with Crippen LogP contribution < -0.4 is 4.18 Å². The van der Waals surface area contributed by atoms with Gasteiger partial charge in [0.15, 0.2) is 0 Å². The lowest BCUT2D eigenvalue weighted by Crippen LogP contribution is -2.14. The zero-order chi connectivity index (χ0) is 17.9. The fourth-order valence-corrected chi connectivity index (χ4v) is 4.18. The molecule has 0 radical (unpaired) electrons. The molecule has 0 aromatic heterocycles. The van der Waals surface area contributed by atoms with E-state index in [2.05, 4.69) is 0 Å². The van der Waals surface area contributed by atoms with E-state index >= 15 is 0 Å². The predicted octanol–water partition coefficient (Wildman–Crippen LogP) is 3.88. The van der Waals surface area contributed by atoms with E-state index in [4.69, 9.17) is 8.92 Å². The van der Waals surface area contributed by atoms with Gasteiger partial charge in [0.1, 0.15) is 10.6 Å². The Labute approximate surface area is 144 Å². The van der Waals surface area contributed by atoms with Gasteiger partial charge in [-0.1, -0.05) is 18.2 Å². The minimum absolute atomic E-state index is 0.267. The summed E-state index contributed by atoms with van der Waals surface area (Å²) in [6.45, 7) is 8.06. The molecule has 0 spiro atoms. The summed E-state index contributed by atoms with van der Waals surface area (Å²) >= 11 is 0. The monoisotopic (exact) mass is 348 g/mol. The van der Waals surface area contributed by atoms with Gasteiger partial charge in [-0.15, -0.1) is 0 Å². The van der Waals surface area contributed by atoms with Crippen molar-refractivity contribution in [3.05, 3.63) is 58.1 Å². The molecule has 2 rings (SSSR count). The lowest BCUT2D eigenvalue weighted by molar-refractivity contribution is 0.202. The van der Waals surface area contributed by atoms with Crippen LogP contribution in [-0.2, 0) is 21.3 Å². The van der Waals surface area contributed by atoms with Gasteiger partial charge in [0.2, 0.25) is 0 Å². The van der Waals surface area contributed by atoms with Gasteiger partial charge >= 0.3 is 10.1 Å². The van der Waals surface area contributed by atoms with Gasteiger partial charge in [0.25, 0.3) is 0 Å². The molecule has 0 heterocycles. The zero-order valence-corrected chi connectivity index (χ0v) is 15.7. The van der Waals surface area contributed by atoms with Gasteiger partial charge in [0.05, 0.1) is 6.61 Å². The van der Waals surface area contributed by atoms with Gasteiger partial charge < -0.3 is 8.92 Å². The number of methoxy groups -OCH3 is 1. The molecular formula is C19H24O4S. The molecular weight excluding hydrogens is 324 g/mol. The fourth-order valence-electron chi connectivity index (χ4n) is 2.66. The molecule has 0 aliphatic heterocycles. The van der Waals surface area contributed by atoms with Crippen LogP contribution in [0.2, 0.25) is 0 Å². The van der Waals surface area contributed by atoms with E-state index < -0.39 is 10.1 Å². The minimum atomic E-state index is -3.87. The molecule has 0 amide bonds. The van der Waals surface area contributed by atoms with E-state index in [1.54, 1.807) is 19.2 Å². The highest BCUT2D eigenvalue weighted by Crippen LogP contribution is 2.28. The average Bonchev–Trinajstić information content (AvgIpc) is 2.52. The summed E-state index contributed by atoms with van der Waals surface area (Å²) in [6.07, 6.45) is 0.777. The number of ether oxygens (including phenoxy) is 1. The van der Waals surface area contributed by atoms with Gasteiger partial charge in [-0.05, 0) is 74.1 Å². The molecule has 0 fully saturated rings. The summed E-state index contributed by atoms with van der Waals surface area (Å²) in [5, 5.41) is 0. The SMILES string of the molecule is COCCc1ccc(OS(=O)(=O)c2c(C)c(C)cc(C)c2C)cc1. The third-order valence-electron chi connectivity index (χ3n) is 4.27. The highest BCUT2D eigenvalue weighted by Gasteiger charge is 2.24. The van der Waals surface area contributed by atoms with Crippen LogP contribution >= 0.6 is 0 Å². The summed E-state index contributed by atoms with van der Waals surface area (Å²) in [5.41, 5.74) is 4.41. The molecule has 130 valence electrons. The van der Waals surface area contributed by atoms with Crippen molar-refractivity contribution in [2.24, 2.45) is 0 Å². The lowest BCUT2D eigenvalue weighted by atomic mass is 10.0. The van der Waals surface area contributed by atoms with Crippen LogP contribution in [0.25, 0.3) is 0 Å². The molecule has 0 saturated heterocycles. The highest BCUT2D eigenvalue weighted by molar-refractivity contribution is 7.87. The van der Waals surface area contributed by atoms with Crippen LogP contribution in [0.4, 0.5) is 0 Å². The van der Waals surface area contributed by atoms with E-state index in [0.29, 0.717) is 12.4 Å². The summed E-state index contributed by atoms with van der Waals surface area (Å²) in [5.74, 6) is 0.314. The Hall–Kier alpha value is -1.85. The molecule has 2 aromatic carbocycles. The van der Waals surface area contributed by atoms with Crippen LogP contribution in [-0.4, -0.2) is 22.1 Å². The summed E-state index contributed by atoms with van der Waals surface area (Å²) < 4.78 is 35.9. The first-order valence-corrected chi connectivity index (χ1v) is 9.27. The molecule has 0 saturated carbocycles. The summed E-state index contributed by atoms with van der Waals surface area (Å²) in [6, 6.07) is 9.05. The van der Waals surface area contributed by atoms with Gasteiger partial charge in [-0.2, -0.15) is 8.42 Å². The van der Waals surface area contributed by atoms with E-state index in [9.17, 15) is 8.42 Å². The predicted molar refractivity (Wildman–Crippen MR) is 95.2 cm³/mol. The zero-order valence-electron chi connectivity index (χ0n) is 14.8. The smallest absolute Gasteiger partial charge is 0.339 e. The maximum absolute atomic E-state index is 12.8. The second-order valence-corrected chi connectivity index (χ2v) is 7.50. The van der Waals surface area contributed by atoms with Crippen molar-refractivity contribution in [1.82, 2.24) is 0 Å². The van der Waals surface area contributed by atoms with Gasteiger partial charge in [0, 0.05) is 7.11 Å². The standard InChI is InChI=1S/C19H24O4S/c1-13-12-14(2)16(4)19(15(13)3)24(20,21)23-18-8-6-17(7-9-18)10-11-22-5/h6-9,12H,10-11H2,1-5H3. The number of rotatable bonds is 6. The summed E-state index contributed by atoms with van der Waals surface area (Å²) in [7, 11) is -2.22. The van der Waals surface area contributed by atoms with Crippen molar-refractivity contribution < 1.29 is 17.3 Å². The Morgan fingerprint density at radius 2 is 1.46 bits per heavy atom. The first-order valence-electron chi connectivity index (χ1n) is 7.86. The van der Waals surface area contributed by atoms with Crippen LogP contribution in [0.5, 0.6) is 5.75 Å². The summed E-state index contributed by atoms with van der Waals surface area (Å²) in [4.78, 5) is 0.267. The number of benzene rings is 2. The quantitative estimate of drug-likeness (QED) is 0.744. The lowest BCUT2D eigenvalue weighted by Gasteiger charge is -2.16. The van der Waals surface area contributed by atoms with Gasteiger partial charge in [-0.25, -0.2) is 0 Å². The fraction of sp³-hybridized carbons (Fsp3) is 0.368. The molecule has 5 heteroatoms. The topological polar surface area (TPSA) is 52.6 Å². The van der Waals surface area contributed by atoms with Crippen LogP contribution in [0.15, 0.2) is 35.2 Å². The third-order valence-corrected chi connectivity index (χ3v) is 5.80. The molecule has 0 unspecified atom stereocenters. The number of aryl methyl sites for hydroxylation is 2. The van der Waals surface area contributed by atoms with Crippen molar-refractivity contribution in [2.45, 2.75) is 39.0 Å². The van der Waals surface area contributed by atoms with E-state index in [1.807, 2.05) is 45.9 Å². The first kappa shape index (κ1) is 18.5. The third kappa shape index (κ3) is 3.97. The normalized spacial score (nSPS) is 11.5. The molecule has 0 atom stereocenters. The molecule has 0 N–H and O–H groups in total. The van der Waals surface area contributed by atoms with Crippen molar-refractivity contribution >= 4 is 10.1 Å². The highest BCUT2D eigenvalue weighted by atomic mass is 32.2. The van der Waals surface area contributed by atoms with Crippen molar-refractivity contribution in [3.8, 4) is 5.75 Å². The Morgan fingerprint density at radius 1 is 0.917 bits per heavy atom.